The molecular weight excluding hydrogens is 392 g/mol. The second-order valence-electron chi connectivity index (χ2n) is 7.31. The molecule has 2 aliphatic rings. The predicted molar refractivity (Wildman–Crippen MR) is 113 cm³/mol. The lowest BCUT2D eigenvalue weighted by Crippen LogP contribution is -2.45. The summed E-state index contributed by atoms with van der Waals surface area (Å²) >= 11 is 6.27. The van der Waals surface area contributed by atoms with E-state index in [2.05, 4.69) is 22.3 Å². The number of piperidine rings is 1. The molecule has 6 nitrogen and oxygen atoms in total. The number of halogens is 1. The smallest absolute Gasteiger partial charge is 0.224 e. The van der Waals surface area contributed by atoms with Gasteiger partial charge in [0.05, 0.1) is 18.6 Å². The summed E-state index contributed by atoms with van der Waals surface area (Å²) in [7, 11) is 1.67. The number of ether oxygens (including phenoxy) is 3. The van der Waals surface area contributed by atoms with Crippen molar-refractivity contribution in [3.63, 3.8) is 0 Å². The number of rotatable bonds is 5. The van der Waals surface area contributed by atoms with Gasteiger partial charge in [-0.25, -0.2) is 0 Å². The van der Waals surface area contributed by atoms with Gasteiger partial charge in [-0.1, -0.05) is 11.6 Å². The van der Waals surface area contributed by atoms with Crippen LogP contribution in [0.1, 0.15) is 18.4 Å². The molecule has 2 heterocycles. The second-order valence-corrected chi connectivity index (χ2v) is 7.71. The number of carbonyl (C=O) groups is 1. The Bertz CT molecular complexity index is 864. The van der Waals surface area contributed by atoms with Crippen LogP contribution in [0.5, 0.6) is 17.2 Å². The standard InChI is InChI=1S/C22H25ClN2O4/c1-27-18-4-2-17(3-5-18)25-8-6-16(7-9-25)24-21(26)14-15-12-19(23)22-20(13-15)28-10-11-29-22/h2-5,12-13,16H,6-11,14H2,1H3,(H,24,26). The Morgan fingerprint density at radius 1 is 1.17 bits per heavy atom. The van der Waals surface area contributed by atoms with Gasteiger partial charge in [0, 0.05) is 24.8 Å². The molecule has 0 bridgehead atoms. The normalized spacial score (nSPS) is 16.4. The van der Waals surface area contributed by atoms with Gasteiger partial charge in [-0.15, -0.1) is 0 Å². The van der Waals surface area contributed by atoms with E-state index < -0.39 is 0 Å². The van der Waals surface area contributed by atoms with Crippen molar-refractivity contribution in [3.8, 4) is 17.2 Å². The van der Waals surface area contributed by atoms with Crippen LogP contribution in [0.4, 0.5) is 5.69 Å². The van der Waals surface area contributed by atoms with Crippen molar-refractivity contribution in [2.24, 2.45) is 0 Å². The molecule has 0 radical (unpaired) electrons. The maximum Gasteiger partial charge on any atom is 0.224 e. The molecule has 154 valence electrons. The third-order valence-corrected chi connectivity index (χ3v) is 5.60. The van der Waals surface area contributed by atoms with Gasteiger partial charge in [-0.05, 0) is 54.8 Å². The van der Waals surface area contributed by atoms with Crippen LogP contribution in [0.2, 0.25) is 5.02 Å². The number of fused-ring (bicyclic) bond motifs is 1. The van der Waals surface area contributed by atoms with Gasteiger partial charge in [0.25, 0.3) is 0 Å². The molecule has 0 aliphatic carbocycles. The molecule has 0 atom stereocenters. The number of benzene rings is 2. The summed E-state index contributed by atoms with van der Waals surface area (Å²) in [6, 6.07) is 11.9. The molecule has 0 saturated carbocycles. The van der Waals surface area contributed by atoms with Crippen LogP contribution in [0.25, 0.3) is 0 Å². The molecule has 0 spiro atoms. The fourth-order valence-electron chi connectivity index (χ4n) is 3.81. The lowest BCUT2D eigenvalue weighted by molar-refractivity contribution is -0.121. The molecule has 2 aliphatic heterocycles. The van der Waals surface area contributed by atoms with E-state index in [-0.39, 0.29) is 18.4 Å². The molecular formula is C22H25ClN2O4. The van der Waals surface area contributed by atoms with Crippen molar-refractivity contribution in [3.05, 3.63) is 47.0 Å². The molecule has 1 amide bonds. The Balaban J connectivity index is 1.29. The second kappa shape index (κ2) is 8.82. The van der Waals surface area contributed by atoms with Gasteiger partial charge >= 0.3 is 0 Å². The van der Waals surface area contributed by atoms with Crippen molar-refractivity contribution in [1.29, 1.82) is 0 Å². The summed E-state index contributed by atoms with van der Waals surface area (Å²) < 4.78 is 16.3. The molecule has 7 heteroatoms. The van der Waals surface area contributed by atoms with E-state index >= 15 is 0 Å². The minimum absolute atomic E-state index is 0.000594. The molecule has 1 fully saturated rings. The fraction of sp³-hybridized carbons (Fsp3) is 0.409. The van der Waals surface area contributed by atoms with Gasteiger partial charge in [0.15, 0.2) is 11.5 Å². The van der Waals surface area contributed by atoms with Gasteiger partial charge in [-0.2, -0.15) is 0 Å². The highest BCUT2D eigenvalue weighted by Gasteiger charge is 2.22. The van der Waals surface area contributed by atoms with Gasteiger partial charge in [0.1, 0.15) is 19.0 Å². The van der Waals surface area contributed by atoms with Crippen molar-refractivity contribution in [2.45, 2.75) is 25.3 Å². The maximum absolute atomic E-state index is 12.5. The molecule has 1 saturated heterocycles. The fourth-order valence-corrected chi connectivity index (χ4v) is 4.09. The van der Waals surface area contributed by atoms with Gasteiger partial charge in [-0.3, -0.25) is 4.79 Å². The van der Waals surface area contributed by atoms with Crippen LogP contribution < -0.4 is 24.4 Å². The Kier molecular flexibility index (Phi) is 6.00. The lowest BCUT2D eigenvalue weighted by Gasteiger charge is -2.34. The Morgan fingerprint density at radius 3 is 2.62 bits per heavy atom. The van der Waals surface area contributed by atoms with Gasteiger partial charge in [0.2, 0.25) is 5.91 Å². The topological polar surface area (TPSA) is 60.0 Å². The number of nitrogens with zero attached hydrogens (tertiary/aromatic N) is 1. The van der Waals surface area contributed by atoms with Crippen LogP contribution in [0.15, 0.2) is 36.4 Å². The largest absolute Gasteiger partial charge is 0.497 e. The third-order valence-electron chi connectivity index (χ3n) is 5.32. The zero-order valence-electron chi connectivity index (χ0n) is 16.4. The van der Waals surface area contributed by atoms with Crippen LogP contribution >= 0.6 is 11.6 Å². The quantitative estimate of drug-likeness (QED) is 0.809. The highest BCUT2D eigenvalue weighted by molar-refractivity contribution is 6.32. The number of methoxy groups -OCH3 is 1. The number of nitrogens with one attached hydrogen (secondary N) is 1. The number of amides is 1. The van der Waals surface area contributed by atoms with E-state index in [4.69, 9.17) is 25.8 Å². The first kappa shape index (κ1) is 19.7. The number of carbonyl (C=O) groups excluding carboxylic acids is 1. The van der Waals surface area contributed by atoms with Crippen LogP contribution in [-0.4, -0.2) is 45.4 Å². The van der Waals surface area contributed by atoms with Crippen molar-refractivity contribution >= 4 is 23.2 Å². The molecule has 0 unspecified atom stereocenters. The van der Waals surface area contributed by atoms with Crippen LogP contribution in [-0.2, 0) is 11.2 Å². The van der Waals surface area contributed by atoms with E-state index in [1.165, 1.54) is 5.69 Å². The zero-order valence-corrected chi connectivity index (χ0v) is 17.2. The van der Waals surface area contributed by atoms with Gasteiger partial charge < -0.3 is 24.4 Å². The molecule has 1 N–H and O–H groups in total. The Labute approximate surface area is 175 Å². The lowest BCUT2D eigenvalue weighted by atomic mass is 10.0. The summed E-state index contributed by atoms with van der Waals surface area (Å²) in [6.07, 6.45) is 2.11. The van der Waals surface area contributed by atoms with Crippen molar-refractivity contribution in [2.75, 3.05) is 38.3 Å². The highest BCUT2D eigenvalue weighted by Crippen LogP contribution is 2.38. The summed E-state index contributed by atoms with van der Waals surface area (Å²) in [6.45, 7) is 2.80. The molecule has 29 heavy (non-hydrogen) atoms. The van der Waals surface area contributed by atoms with Crippen molar-refractivity contribution < 1.29 is 19.0 Å². The minimum Gasteiger partial charge on any atom is -0.497 e. The minimum atomic E-state index is 0.000594. The van der Waals surface area contributed by atoms with E-state index in [9.17, 15) is 4.79 Å². The van der Waals surface area contributed by atoms with E-state index in [1.54, 1.807) is 13.2 Å². The van der Waals surface area contributed by atoms with Crippen molar-refractivity contribution in [1.82, 2.24) is 5.32 Å². The number of hydrogen-bond acceptors (Lipinski definition) is 5. The number of anilines is 1. The summed E-state index contributed by atoms with van der Waals surface area (Å²) in [5.41, 5.74) is 2.01. The average molecular weight is 417 g/mol. The number of hydrogen-bond donors (Lipinski definition) is 1. The first-order valence-electron chi connectivity index (χ1n) is 9.89. The van der Waals surface area contributed by atoms with E-state index in [0.717, 1.165) is 37.2 Å². The first-order valence-corrected chi connectivity index (χ1v) is 10.3. The van der Waals surface area contributed by atoms with E-state index in [1.807, 2.05) is 18.2 Å². The molecule has 2 aromatic carbocycles. The predicted octanol–water partition coefficient (Wildman–Crippen LogP) is 3.45. The molecule has 0 aromatic heterocycles. The zero-order chi connectivity index (χ0) is 20.2. The SMILES string of the molecule is COc1ccc(N2CCC(NC(=O)Cc3cc(Cl)c4c(c3)OCCO4)CC2)cc1. The summed E-state index contributed by atoms with van der Waals surface area (Å²) in [5, 5.41) is 3.64. The Hall–Kier alpha value is -2.60. The highest BCUT2D eigenvalue weighted by atomic mass is 35.5. The van der Waals surface area contributed by atoms with Crippen LogP contribution in [0, 0.1) is 0 Å². The molecule has 2 aromatic rings. The maximum atomic E-state index is 12.5. The average Bonchev–Trinajstić information content (AvgIpc) is 2.74. The first-order chi connectivity index (χ1) is 14.1. The Morgan fingerprint density at radius 2 is 1.90 bits per heavy atom. The third kappa shape index (κ3) is 4.70. The van der Waals surface area contributed by atoms with Crippen LogP contribution in [0.3, 0.4) is 0 Å². The monoisotopic (exact) mass is 416 g/mol. The summed E-state index contributed by atoms with van der Waals surface area (Å²) in [4.78, 5) is 14.9. The molecule has 4 rings (SSSR count). The summed E-state index contributed by atoms with van der Waals surface area (Å²) in [5.74, 6) is 2.03. The van der Waals surface area contributed by atoms with E-state index in [0.29, 0.717) is 29.7 Å².